The number of nitriles is 1. The summed E-state index contributed by atoms with van der Waals surface area (Å²) in [4.78, 5) is 11.9. The van der Waals surface area contributed by atoms with Crippen LogP contribution in [0.3, 0.4) is 0 Å². The maximum atomic E-state index is 8.80. The summed E-state index contributed by atoms with van der Waals surface area (Å²) in [5, 5.41) is 14.7. The van der Waals surface area contributed by atoms with Gasteiger partial charge in [0.25, 0.3) is 0 Å². The molecule has 1 unspecified atom stereocenters. The number of aromatic nitrogens is 3. The second kappa shape index (κ2) is 6.08. The highest BCUT2D eigenvalue weighted by molar-refractivity contribution is 6.28. The summed E-state index contributed by atoms with van der Waals surface area (Å²) < 4.78 is 0. The quantitative estimate of drug-likeness (QED) is 0.814. The van der Waals surface area contributed by atoms with Crippen LogP contribution in [0.2, 0.25) is 5.28 Å². The van der Waals surface area contributed by atoms with Gasteiger partial charge in [0, 0.05) is 6.54 Å². The van der Waals surface area contributed by atoms with Crippen LogP contribution in [0.4, 0.5) is 11.9 Å². The monoisotopic (exact) mass is 240 g/mol. The summed E-state index contributed by atoms with van der Waals surface area (Å²) in [5.74, 6) is 0.710. The van der Waals surface area contributed by atoms with Crippen LogP contribution < -0.4 is 10.6 Å². The van der Waals surface area contributed by atoms with Crippen molar-refractivity contribution in [1.82, 2.24) is 15.0 Å². The van der Waals surface area contributed by atoms with E-state index >= 15 is 0 Å². The Bertz CT molecular complexity index is 388. The normalized spacial score (nSPS) is 11.6. The van der Waals surface area contributed by atoms with Crippen molar-refractivity contribution in [2.45, 2.75) is 26.3 Å². The molecule has 1 rings (SSSR count). The molecule has 0 saturated carbocycles. The van der Waals surface area contributed by atoms with E-state index in [1.807, 2.05) is 13.8 Å². The molecule has 0 saturated heterocycles. The fraction of sp³-hybridized carbons (Fsp3) is 0.556. The number of halogens is 1. The first kappa shape index (κ1) is 12.5. The maximum Gasteiger partial charge on any atom is 0.229 e. The fourth-order valence-electron chi connectivity index (χ4n) is 1.03. The molecule has 0 fully saturated rings. The minimum atomic E-state index is -0.326. The van der Waals surface area contributed by atoms with Crippen molar-refractivity contribution in [2.24, 2.45) is 0 Å². The molecule has 2 N–H and O–H groups in total. The van der Waals surface area contributed by atoms with Crippen LogP contribution in [0, 0.1) is 11.3 Å². The van der Waals surface area contributed by atoms with Gasteiger partial charge in [0.05, 0.1) is 6.07 Å². The van der Waals surface area contributed by atoms with Gasteiger partial charge in [0.15, 0.2) is 0 Å². The number of anilines is 2. The molecule has 86 valence electrons. The van der Waals surface area contributed by atoms with Crippen LogP contribution in [0.5, 0.6) is 0 Å². The van der Waals surface area contributed by atoms with Crippen molar-refractivity contribution in [1.29, 1.82) is 5.26 Å². The summed E-state index contributed by atoms with van der Waals surface area (Å²) in [7, 11) is 0. The SMILES string of the molecule is CCNc1nc(Cl)nc(NC(C#N)CC)n1. The average molecular weight is 241 g/mol. The minimum absolute atomic E-state index is 0.0984. The minimum Gasteiger partial charge on any atom is -0.354 e. The molecule has 7 heteroatoms. The Morgan fingerprint density at radius 2 is 2.00 bits per heavy atom. The lowest BCUT2D eigenvalue weighted by atomic mass is 10.2. The molecule has 0 aromatic carbocycles. The van der Waals surface area contributed by atoms with E-state index in [9.17, 15) is 0 Å². The molecule has 1 heterocycles. The topological polar surface area (TPSA) is 86.5 Å². The van der Waals surface area contributed by atoms with Crippen molar-refractivity contribution in [3.05, 3.63) is 5.28 Å². The van der Waals surface area contributed by atoms with E-state index < -0.39 is 0 Å². The van der Waals surface area contributed by atoms with Crippen molar-refractivity contribution in [3.8, 4) is 6.07 Å². The van der Waals surface area contributed by atoms with E-state index in [0.29, 0.717) is 24.9 Å². The molecule has 0 amide bonds. The van der Waals surface area contributed by atoms with Gasteiger partial charge in [-0.05, 0) is 24.9 Å². The Morgan fingerprint density at radius 1 is 1.31 bits per heavy atom. The van der Waals surface area contributed by atoms with Crippen molar-refractivity contribution >= 4 is 23.5 Å². The van der Waals surface area contributed by atoms with Gasteiger partial charge in [0.1, 0.15) is 6.04 Å². The Balaban J connectivity index is 2.84. The van der Waals surface area contributed by atoms with Crippen molar-refractivity contribution < 1.29 is 0 Å². The molecule has 16 heavy (non-hydrogen) atoms. The highest BCUT2D eigenvalue weighted by Crippen LogP contribution is 2.10. The van der Waals surface area contributed by atoms with Gasteiger partial charge in [-0.2, -0.15) is 20.2 Å². The van der Waals surface area contributed by atoms with Gasteiger partial charge >= 0.3 is 0 Å². The van der Waals surface area contributed by atoms with Crippen molar-refractivity contribution in [2.75, 3.05) is 17.2 Å². The van der Waals surface area contributed by atoms with Gasteiger partial charge in [-0.3, -0.25) is 0 Å². The van der Waals surface area contributed by atoms with Gasteiger partial charge in [-0.1, -0.05) is 6.92 Å². The first-order chi connectivity index (χ1) is 7.69. The molecule has 1 atom stereocenters. The fourth-order valence-corrected chi connectivity index (χ4v) is 1.19. The first-order valence-corrected chi connectivity index (χ1v) is 5.39. The van der Waals surface area contributed by atoms with E-state index in [4.69, 9.17) is 16.9 Å². The van der Waals surface area contributed by atoms with Crippen LogP contribution in [0.1, 0.15) is 20.3 Å². The lowest BCUT2D eigenvalue weighted by molar-refractivity contribution is 0.825. The van der Waals surface area contributed by atoms with E-state index in [0.717, 1.165) is 0 Å². The van der Waals surface area contributed by atoms with Gasteiger partial charge < -0.3 is 10.6 Å². The van der Waals surface area contributed by atoms with Crippen LogP contribution >= 0.6 is 11.6 Å². The third-order valence-electron chi connectivity index (χ3n) is 1.81. The molecule has 0 aliphatic heterocycles. The predicted molar refractivity (Wildman–Crippen MR) is 62.3 cm³/mol. The van der Waals surface area contributed by atoms with Crippen LogP contribution in [0.15, 0.2) is 0 Å². The molecule has 0 radical (unpaired) electrons. The molecule has 0 spiro atoms. The molecule has 0 aliphatic rings. The zero-order chi connectivity index (χ0) is 12.0. The summed E-state index contributed by atoms with van der Waals surface area (Å²) in [5.41, 5.74) is 0. The molecule has 1 aromatic heterocycles. The molecule has 6 nitrogen and oxygen atoms in total. The number of nitrogens with one attached hydrogen (secondary N) is 2. The lowest BCUT2D eigenvalue weighted by Gasteiger charge is -2.09. The highest BCUT2D eigenvalue weighted by Gasteiger charge is 2.08. The summed E-state index contributed by atoms with van der Waals surface area (Å²) >= 11 is 5.73. The second-order valence-electron chi connectivity index (χ2n) is 3.02. The molecular formula is C9H13ClN6. The average Bonchev–Trinajstić information content (AvgIpc) is 2.25. The Morgan fingerprint density at radius 3 is 2.56 bits per heavy atom. The number of hydrogen-bond donors (Lipinski definition) is 2. The second-order valence-corrected chi connectivity index (χ2v) is 3.35. The summed E-state index contributed by atoms with van der Waals surface area (Å²) in [6.07, 6.45) is 0.663. The molecule has 0 bridgehead atoms. The highest BCUT2D eigenvalue weighted by atomic mass is 35.5. The first-order valence-electron chi connectivity index (χ1n) is 5.01. The zero-order valence-corrected chi connectivity index (χ0v) is 9.91. The third kappa shape index (κ3) is 3.51. The summed E-state index contributed by atoms with van der Waals surface area (Å²) in [6.45, 7) is 4.51. The van der Waals surface area contributed by atoms with Gasteiger partial charge in [-0.15, -0.1) is 0 Å². The molecule has 1 aromatic rings. The summed E-state index contributed by atoms with van der Waals surface area (Å²) in [6, 6.07) is 1.77. The largest absolute Gasteiger partial charge is 0.354 e. The standard InChI is InChI=1S/C9H13ClN6/c1-3-6(5-11)13-9-15-7(10)14-8(16-9)12-4-2/h6H,3-4H2,1-2H3,(H2,12,13,14,15,16). The Kier molecular flexibility index (Phi) is 4.73. The van der Waals surface area contributed by atoms with Gasteiger partial charge in [0.2, 0.25) is 17.2 Å². The third-order valence-corrected chi connectivity index (χ3v) is 1.98. The zero-order valence-electron chi connectivity index (χ0n) is 9.16. The Hall–Kier alpha value is -1.61. The van der Waals surface area contributed by atoms with E-state index in [1.54, 1.807) is 0 Å². The van der Waals surface area contributed by atoms with Crippen LogP contribution in [-0.2, 0) is 0 Å². The maximum absolute atomic E-state index is 8.80. The Labute approximate surface area is 99.1 Å². The molecule has 0 aliphatic carbocycles. The lowest BCUT2D eigenvalue weighted by Crippen LogP contribution is -2.18. The van der Waals surface area contributed by atoms with E-state index in [2.05, 4.69) is 31.7 Å². The van der Waals surface area contributed by atoms with E-state index in [1.165, 1.54) is 0 Å². The van der Waals surface area contributed by atoms with Gasteiger partial charge in [-0.25, -0.2) is 0 Å². The number of nitrogens with zero attached hydrogens (tertiary/aromatic N) is 4. The number of rotatable bonds is 5. The predicted octanol–water partition coefficient (Wildman–Crippen LogP) is 1.67. The van der Waals surface area contributed by atoms with Crippen molar-refractivity contribution in [3.63, 3.8) is 0 Å². The molecular weight excluding hydrogens is 228 g/mol. The number of hydrogen-bond acceptors (Lipinski definition) is 6. The van der Waals surface area contributed by atoms with E-state index in [-0.39, 0.29) is 11.3 Å². The van der Waals surface area contributed by atoms with Crippen LogP contribution in [0.25, 0.3) is 0 Å². The smallest absolute Gasteiger partial charge is 0.229 e. The van der Waals surface area contributed by atoms with Crippen LogP contribution in [-0.4, -0.2) is 27.5 Å².